The van der Waals surface area contributed by atoms with Gasteiger partial charge < -0.3 is 5.32 Å². The minimum absolute atomic E-state index is 0.342. The van der Waals surface area contributed by atoms with Crippen molar-refractivity contribution in [2.24, 2.45) is 0 Å². The van der Waals surface area contributed by atoms with E-state index in [-0.39, 0.29) is 5.69 Å². The Morgan fingerprint density at radius 1 is 1.47 bits per heavy atom. The van der Waals surface area contributed by atoms with Crippen LogP contribution >= 0.6 is 11.6 Å². The summed E-state index contributed by atoms with van der Waals surface area (Å²) in [5, 5.41) is 3.44. The number of hydrogen-bond acceptors (Lipinski definition) is 4. The quantitative estimate of drug-likeness (QED) is 0.894. The molecule has 0 unspecified atom stereocenters. The molecule has 6 heteroatoms. The molecule has 0 atom stereocenters. The molecule has 17 heavy (non-hydrogen) atoms. The average Bonchev–Trinajstić information content (AvgIpc) is 2.34. The lowest BCUT2D eigenvalue weighted by atomic mass is 10.3. The van der Waals surface area contributed by atoms with Gasteiger partial charge in [-0.15, -0.1) is 0 Å². The molecule has 1 N–H and O–H groups in total. The third-order valence-electron chi connectivity index (χ3n) is 2.26. The fraction of sp³-hybridized carbons (Fsp3) is 0.182. The molecular weight excluding hydrogens is 240 g/mol. The molecule has 0 aromatic carbocycles. The summed E-state index contributed by atoms with van der Waals surface area (Å²) < 4.78 is 1.42. The highest BCUT2D eigenvalue weighted by Gasteiger charge is 2.02. The van der Waals surface area contributed by atoms with E-state index in [2.05, 4.69) is 15.3 Å². The van der Waals surface area contributed by atoms with Crippen LogP contribution in [0.1, 0.15) is 5.69 Å². The van der Waals surface area contributed by atoms with Gasteiger partial charge in [-0.1, -0.05) is 11.6 Å². The van der Waals surface area contributed by atoms with Crippen LogP contribution in [0.2, 0.25) is 5.02 Å². The first-order valence-corrected chi connectivity index (χ1v) is 5.41. The van der Waals surface area contributed by atoms with Gasteiger partial charge >= 0.3 is 5.69 Å². The number of halogens is 1. The summed E-state index contributed by atoms with van der Waals surface area (Å²) in [5.74, 6) is 0. The van der Waals surface area contributed by atoms with Gasteiger partial charge in [0.05, 0.1) is 23.5 Å². The Balaban J connectivity index is 2.31. The van der Waals surface area contributed by atoms with Gasteiger partial charge in [-0.25, -0.2) is 9.78 Å². The first kappa shape index (κ1) is 11.6. The molecule has 0 aliphatic heterocycles. The second kappa shape index (κ2) is 4.97. The van der Waals surface area contributed by atoms with E-state index >= 15 is 0 Å². The molecule has 2 rings (SSSR count). The third kappa shape index (κ3) is 2.82. The largest absolute Gasteiger partial charge is 0.388 e. The molecule has 0 amide bonds. The summed E-state index contributed by atoms with van der Waals surface area (Å²) in [7, 11) is 1.83. The topological polar surface area (TPSA) is 59.8 Å². The van der Waals surface area contributed by atoms with Crippen LogP contribution in [0.3, 0.4) is 0 Å². The summed E-state index contributed by atoms with van der Waals surface area (Å²) in [5.41, 5.74) is 1.37. The van der Waals surface area contributed by atoms with Crippen LogP contribution in [-0.4, -0.2) is 21.6 Å². The van der Waals surface area contributed by atoms with Crippen molar-refractivity contribution in [3.05, 3.63) is 51.9 Å². The maximum absolute atomic E-state index is 11.5. The molecule has 0 saturated heterocycles. The lowest BCUT2D eigenvalue weighted by Crippen LogP contribution is -2.22. The van der Waals surface area contributed by atoms with Crippen molar-refractivity contribution in [3.63, 3.8) is 0 Å². The predicted octanol–water partition coefficient (Wildman–Crippen LogP) is 1.38. The average molecular weight is 251 g/mol. The molecule has 5 nitrogen and oxygen atoms in total. The summed E-state index contributed by atoms with van der Waals surface area (Å²) in [4.78, 5) is 19.3. The van der Waals surface area contributed by atoms with Gasteiger partial charge in [-0.3, -0.25) is 9.55 Å². The molecule has 0 fully saturated rings. The predicted molar refractivity (Wildman–Crippen MR) is 66.4 cm³/mol. The normalized spacial score (nSPS) is 10.2. The van der Waals surface area contributed by atoms with Gasteiger partial charge in [0.25, 0.3) is 0 Å². The highest BCUT2D eigenvalue weighted by atomic mass is 35.5. The van der Waals surface area contributed by atoms with Crippen LogP contribution < -0.4 is 11.0 Å². The van der Waals surface area contributed by atoms with E-state index in [0.717, 1.165) is 11.4 Å². The second-order valence-electron chi connectivity index (χ2n) is 3.47. The van der Waals surface area contributed by atoms with Crippen LogP contribution in [0, 0.1) is 0 Å². The zero-order valence-corrected chi connectivity index (χ0v) is 9.98. The minimum atomic E-state index is -0.342. The SMILES string of the molecule is CNc1ccnc(Cn2cc(Cl)cnc2=O)c1. The Morgan fingerprint density at radius 2 is 2.29 bits per heavy atom. The van der Waals surface area contributed by atoms with Crippen molar-refractivity contribution in [2.75, 3.05) is 12.4 Å². The number of rotatable bonds is 3. The molecular formula is C11H11ClN4O. The summed E-state index contributed by atoms with van der Waals surface area (Å²) in [6.45, 7) is 0.349. The van der Waals surface area contributed by atoms with E-state index in [4.69, 9.17) is 11.6 Å². The fourth-order valence-corrected chi connectivity index (χ4v) is 1.60. The Labute approximate surface area is 103 Å². The third-order valence-corrected chi connectivity index (χ3v) is 2.46. The van der Waals surface area contributed by atoms with Gasteiger partial charge in [0.15, 0.2) is 0 Å². The van der Waals surface area contributed by atoms with E-state index < -0.39 is 0 Å². The Kier molecular flexibility index (Phi) is 3.39. The molecule has 2 aromatic heterocycles. The van der Waals surface area contributed by atoms with E-state index in [1.807, 2.05) is 19.2 Å². The smallest absolute Gasteiger partial charge is 0.347 e. The standard InChI is InChI=1S/C11H11ClN4O/c1-13-9-2-3-14-10(4-9)7-16-6-8(12)5-15-11(16)17/h2-6H,7H2,1H3,(H,13,14). The first-order chi connectivity index (χ1) is 8.19. The van der Waals surface area contributed by atoms with Crippen molar-refractivity contribution in [2.45, 2.75) is 6.54 Å². The van der Waals surface area contributed by atoms with Crippen LogP contribution in [0.15, 0.2) is 35.5 Å². The molecule has 2 aromatic rings. The van der Waals surface area contributed by atoms with Crippen LogP contribution in [0.5, 0.6) is 0 Å². The zero-order valence-electron chi connectivity index (χ0n) is 9.22. The molecule has 0 aliphatic rings. The fourth-order valence-electron chi connectivity index (χ4n) is 1.44. The maximum Gasteiger partial charge on any atom is 0.347 e. The van der Waals surface area contributed by atoms with E-state index in [0.29, 0.717) is 11.6 Å². The van der Waals surface area contributed by atoms with Gasteiger partial charge in [0.2, 0.25) is 0 Å². The molecule has 0 radical (unpaired) electrons. The lowest BCUT2D eigenvalue weighted by Gasteiger charge is -2.06. The van der Waals surface area contributed by atoms with E-state index in [1.165, 1.54) is 10.8 Å². The van der Waals surface area contributed by atoms with Crippen molar-refractivity contribution < 1.29 is 0 Å². The minimum Gasteiger partial charge on any atom is -0.388 e. The van der Waals surface area contributed by atoms with Crippen LogP contribution in [-0.2, 0) is 6.54 Å². The molecule has 0 spiro atoms. The monoisotopic (exact) mass is 250 g/mol. The number of aromatic nitrogens is 3. The van der Waals surface area contributed by atoms with Gasteiger partial charge in [-0.2, -0.15) is 0 Å². The van der Waals surface area contributed by atoms with Gasteiger partial charge in [0, 0.05) is 25.1 Å². The molecule has 0 saturated carbocycles. The number of nitrogens with zero attached hydrogens (tertiary/aromatic N) is 3. The Hall–Kier alpha value is -1.88. The molecule has 0 aliphatic carbocycles. The first-order valence-electron chi connectivity index (χ1n) is 5.04. The summed E-state index contributed by atoms with van der Waals surface area (Å²) >= 11 is 5.79. The van der Waals surface area contributed by atoms with Gasteiger partial charge in [0.1, 0.15) is 0 Å². The van der Waals surface area contributed by atoms with Gasteiger partial charge in [-0.05, 0) is 12.1 Å². The maximum atomic E-state index is 11.5. The Bertz CT molecular complexity index is 582. The highest BCUT2D eigenvalue weighted by Crippen LogP contribution is 2.08. The molecule has 0 bridgehead atoms. The second-order valence-corrected chi connectivity index (χ2v) is 3.90. The van der Waals surface area contributed by atoms with Crippen LogP contribution in [0.25, 0.3) is 0 Å². The zero-order chi connectivity index (χ0) is 12.3. The van der Waals surface area contributed by atoms with Crippen molar-refractivity contribution >= 4 is 17.3 Å². The molecule has 2 heterocycles. The molecule has 88 valence electrons. The number of anilines is 1. The van der Waals surface area contributed by atoms with Crippen molar-refractivity contribution in [3.8, 4) is 0 Å². The van der Waals surface area contributed by atoms with Crippen molar-refractivity contribution in [1.82, 2.24) is 14.5 Å². The lowest BCUT2D eigenvalue weighted by molar-refractivity contribution is 0.711. The van der Waals surface area contributed by atoms with Crippen LogP contribution in [0.4, 0.5) is 5.69 Å². The highest BCUT2D eigenvalue weighted by molar-refractivity contribution is 6.30. The summed E-state index contributed by atoms with van der Waals surface area (Å²) in [6.07, 6.45) is 4.56. The number of hydrogen-bond donors (Lipinski definition) is 1. The number of nitrogens with one attached hydrogen (secondary N) is 1. The van der Waals surface area contributed by atoms with Crippen molar-refractivity contribution in [1.29, 1.82) is 0 Å². The van der Waals surface area contributed by atoms with E-state index in [1.54, 1.807) is 12.4 Å². The Morgan fingerprint density at radius 3 is 3.06 bits per heavy atom. The summed E-state index contributed by atoms with van der Waals surface area (Å²) in [6, 6.07) is 3.72. The van der Waals surface area contributed by atoms with E-state index in [9.17, 15) is 4.79 Å². The number of pyridine rings is 1.